The molecule has 3 heteroatoms. The molecule has 0 aromatic heterocycles. The van der Waals surface area contributed by atoms with Crippen LogP contribution >= 0.6 is 0 Å². The van der Waals surface area contributed by atoms with Crippen molar-refractivity contribution in [3.63, 3.8) is 0 Å². The fourth-order valence-electron chi connectivity index (χ4n) is 1.40. The molecule has 1 heterocycles. The molecule has 1 saturated heterocycles. The largest absolute Gasteiger partial charge is 0.466 e. The van der Waals surface area contributed by atoms with Gasteiger partial charge < -0.3 is 9.47 Å². The van der Waals surface area contributed by atoms with Gasteiger partial charge in [0, 0.05) is 6.92 Å². The molecule has 3 nitrogen and oxygen atoms in total. The van der Waals surface area contributed by atoms with Gasteiger partial charge in [-0.25, -0.2) is 0 Å². The molecule has 0 spiro atoms. The topological polar surface area (TPSA) is 38.8 Å². The Kier molecular flexibility index (Phi) is 6.96. The van der Waals surface area contributed by atoms with Crippen LogP contribution in [0, 0.1) is 35.5 Å². The molecule has 0 saturated carbocycles. The van der Waals surface area contributed by atoms with Crippen LogP contribution in [0.25, 0.3) is 0 Å². The van der Waals surface area contributed by atoms with E-state index in [2.05, 4.69) is 35.5 Å². The lowest BCUT2D eigenvalue weighted by molar-refractivity contribution is -0.141. The number of esters is 1. The van der Waals surface area contributed by atoms with E-state index in [0.29, 0.717) is 6.61 Å². The summed E-state index contributed by atoms with van der Waals surface area (Å²) in [7, 11) is 0. The number of hydrogen-bond acceptors (Lipinski definition) is 3. The molecular formula is C16H16O3. The van der Waals surface area contributed by atoms with Crippen LogP contribution in [0.15, 0.2) is 12.2 Å². The molecule has 98 valence electrons. The second kappa shape index (κ2) is 8.87. The first kappa shape index (κ1) is 14.9. The number of hydrogen-bond donors (Lipinski definition) is 0. The monoisotopic (exact) mass is 256 g/mol. The molecule has 1 aliphatic heterocycles. The van der Waals surface area contributed by atoms with E-state index >= 15 is 0 Å². The van der Waals surface area contributed by atoms with Gasteiger partial charge in [0.2, 0.25) is 0 Å². The number of allylic oxidation sites excluding steroid dienone is 1. The minimum atomic E-state index is -0.239. The summed E-state index contributed by atoms with van der Waals surface area (Å²) in [6.45, 7) is 3.60. The van der Waals surface area contributed by atoms with Crippen LogP contribution in [0.3, 0.4) is 0 Å². The summed E-state index contributed by atoms with van der Waals surface area (Å²) in [5.74, 6) is 15.7. The predicted octanol–water partition coefficient (Wildman–Crippen LogP) is 1.68. The van der Waals surface area contributed by atoms with Gasteiger partial charge in [-0.15, -0.1) is 0 Å². The third kappa shape index (κ3) is 7.72. The smallest absolute Gasteiger partial charge is 0.302 e. The van der Waals surface area contributed by atoms with Crippen LogP contribution in [0.1, 0.15) is 26.7 Å². The van der Waals surface area contributed by atoms with E-state index in [4.69, 9.17) is 9.47 Å². The highest BCUT2D eigenvalue weighted by molar-refractivity contribution is 5.65. The van der Waals surface area contributed by atoms with E-state index in [1.54, 1.807) is 13.0 Å². The Hall–Kier alpha value is -2.15. The van der Waals surface area contributed by atoms with E-state index < -0.39 is 0 Å². The van der Waals surface area contributed by atoms with E-state index in [1.807, 2.05) is 6.08 Å². The average Bonchev–Trinajstić information content (AvgIpc) is 3.12. The molecule has 0 aliphatic carbocycles. The summed E-state index contributed by atoms with van der Waals surface area (Å²) < 4.78 is 10.3. The molecule has 19 heavy (non-hydrogen) atoms. The molecule has 0 aromatic carbocycles. The van der Waals surface area contributed by atoms with E-state index in [0.717, 1.165) is 12.8 Å². The number of rotatable bonds is 5. The summed E-state index contributed by atoms with van der Waals surface area (Å²) in [6.07, 6.45) is 5.73. The molecule has 0 bridgehead atoms. The zero-order chi connectivity index (χ0) is 13.9. The third-order valence-electron chi connectivity index (χ3n) is 2.31. The van der Waals surface area contributed by atoms with Crippen LogP contribution in [-0.4, -0.2) is 24.8 Å². The number of epoxide rings is 1. The summed E-state index contributed by atoms with van der Waals surface area (Å²) in [5, 5.41) is 0. The van der Waals surface area contributed by atoms with E-state index in [1.165, 1.54) is 6.92 Å². The van der Waals surface area contributed by atoms with Gasteiger partial charge in [-0.05, 0) is 55.6 Å². The number of carbonyl (C=O) groups excluding carboxylic acids is 1. The maximum atomic E-state index is 10.5. The van der Waals surface area contributed by atoms with Gasteiger partial charge in [-0.3, -0.25) is 4.79 Å². The molecule has 2 atom stereocenters. The van der Waals surface area contributed by atoms with Crippen molar-refractivity contribution in [1.82, 2.24) is 0 Å². The first-order valence-electron chi connectivity index (χ1n) is 6.12. The molecule has 1 rings (SSSR count). The summed E-state index contributed by atoms with van der Waals surface area (Å²) in [5.41, 5.74) is 0. The van der Waals surface area contributed by atoms with Gasteiger partial charge in [-0.1, -0.05) is 11.8 Å². The first-order chi connectivity index (χ1) is 9.24. The molecule has 0 amide bonds. The zero-order valence-electron chi connectivity index (χ0n) is 11.2. The van der Waals surface area contributed by atoms with Crippen LogP contribution in [0.5, 0.6) is 0 Å². The van der Waals surface area contributed by atoms with Crippen LogP contribution in [-0.2, 0) is 14.3 Å². The van der Waals surface area contributed by atoms with Crippen molar-refractivity contribution in [2.24, 2.45) is 0 Å². The van der Waals surface area contributed by atoms with Crippen molar-refractivity contribution in [2.75, 3.05) is 6.61 Å². The van der Waals surface area contributed by atoms with Gasteiger partial charge in [-0.2, -0.15) is 0 Å². The summed E-state index contributed by atoms with van der Waals surface area (Å²) in [6, 6.07) is 0. The summed E-state index contributed by atoms with van der Waals surface area (Å²) >= 11 is 0. The highest BCUT2D eigenvalue weighted by atomic mass is 16.6. The van der Waals surface area contributed by atoms with Crippen molar-refractivity contribution in [1.29, 1.82) is 0 Å². The van der Waals surface area contributed by atoms with Gasteiger partial charge in [0.15, 0.2) is 0 Å². The Morgan fingerprint density at radius 2 is 2.11 bits per heavy atom. The third-order valence-corrected chi connectivity index (χ3v) is 2.31. The number of ether oxygens (including phenoxy) is 2. The van der Waals surface area contributed by atoms with E-state index in [9.17, 15) is 4.79 Å². The molecular weight excluding hydrogens is 240 g/mol. The zero-order valence-corrected chi connectivity index (χ0v) is 11.2. The van der Waals surface area contributed by atoms with Crippen molar-refractivity contribution in [3.8, 4) is 35.5 Å². The van der Waals surface area contributed by atoms with E-state index in [-0.39, 0.29) is 18.2 Å². The molecule has 0 aromatic rings. The van der Waals surface area contributed by atoms with Gasteiger partial charge >= 0.3 is 5.97 Å². The Bertz CT molecular complexity index is 511. The van der Waals surface area contributed by atoms with Crippen molar-refractivity contribution in [2.45, 2.75) is 38.9 Å². The molecule has 1 aliphatic rings. The Balaban J connectivity index is 2.11. The van der Waals surface area contributed by atoms with Crippen molar-refractivity contribution < 1.29 is 14.3 Å². The molecule has 0 radical (unpaired) electrons. The lowest BCUT2D eigenvalue weighted by Gasteiger charge is -1.98. The van der Waals surface area contributed by atoms with Gasteiger partial charge in [0.25, 0.3) is 0 Å². The molecule has 0 unspecified atom stereocenters. The van der Waals surface area contributed by atoms with Gasteiger partial charge in [0.05, 0.1) is 12.7 Å². The standard InChI is InChI=1S/C16H16O3/c1-3-4-5-6-7-8-9-11-15-16(19-15)12-10-13-18-14(2)17/h9,11,15-16H,10,12-13H2,1-2H3/b11-9+/t15-,16-/m1/s1. The maximum absolute atomic E-state index is 10.5. The van der Waals surface area contributed by atoms with Crippen molar-refractivity contribution in [3.05, 3.63) is 12.2 Å². The lowest BCUT2D eigenvalue weighted by Crippen LogP contribution is -2.02. The van der Waals surface area contributed by atoms with Gasteiger partial charge in [0.1, 0.15) is 6.10 Å². The highest BCUT2D eigenvalue weighted by Crippen LogP contribution is 2.27. The Morgan fingerprint density at radius 1 is 1.32 bits per heavy atom. The van der Waals surface area contributed by atoms with Crippen LogP contribution in [0.4, 0.5) is 0 Å². The SMILES string of the molecule is CC#CC#CC#C/C=C/[C@H]1O[C@@H]1CCCOC(C)=O. The first-order valence-corrected chi connectivity index (χ1v) is 6.12. The summed E-state index contributed by atoms with van der Waals surface area (Å²) in [4.78, 5) is 10.5. The fourth-order valence-corrected chi connectivity index (χ4v) is 1.40. The fraction of sp³-hybridized carbons (Fsp3) is 0.438. The predicted molar refractivity (Wildman–Crippen MR) is 72.7 cm³/mol. The van der Waals surface area contributed by atoms with Crippen LogP contribution in [0.2, 0.25) is 0 Å². The van der Waals surface area contributed by atoms with Crippen molar-refractivity contribution >= 4 is 5.97 Å². The quantitative estimate of drug-likeness (QED) is 0.325. The molecule has 0 N–H and O–H groups in total. The number of carbonyl (C=O) groups is 1. The average molecular weight is 256 g/mol. The Morgan fingerprint density at radius 3 is 2.84 bits per heavy atom. The highest BCUT2D eigenvalue weighted by Gasteiger charge is 2.35. The second-order valence-electron chi connectivity index (χ2n) is 3.87. The molecule has 1 fully saturated rings. The normalized spacial score (nSPS) is 19.3. The minimum absolute atomic E-state index is 0.134. The van der Waals surface area contributed by atoms with Crippen LogP contribution < -0.4 is 0 Å². The minimum Gasteiger partial charge on any atom is -0.466 e. The lowest BCUT2D eigenvalue weighted by atomic mass is 10.2. The second-order valence-corrected chi connectivity index (χ2v) is 3.87. The Labute approximate surface area is 114 Å². The maximum Gasteiger partial charge on any atom is 0.302 e.